The molecule has 41 heavy (non-hydrogen) atoms. The van der Waals surface area contributed by atoms with Crippen LogP contribution in [0.2, 0.25) is 0 Å². The Hall–Kier alpha value is -0.950. The van der Waals surface area contributed by atoms with Gasteiger partial charge in [0.05, 0.1) is 30.5 Å². The standard InChI is InChI=1S/C35H60O6/c1-2-34(36)41-35(39-30-23-17-11-7-4-8-12-18-24-30,28-37-29-21-15-9-5-3-6-10-16-22-29)40-31-25-19-13-14-20-26-32-33(27-31)38-32/h2,29-33H,1,3-28H2. The lowest BCUT2D eigenvalue weighted by molar-refractivity contribution is -0.405. The van der Waals surface area contributed by atoms with Gasteiger partial charge in [0.25, 0.3) is 0 Å². The van der Waals surface area contributed by atoms with Crippen molar-refractivity contribution in [3.05, 3.63) is 12.7 Å². The van der Waals surface area contributed by atoms with Gasteiger partial charge in [-0.05, 0) is 38.5 Å². The van der Waals surface area contributed by atoms with Crippen molar-refractivity contribution in [1.82, 2.24) is 0 Å². The minimum Gasteiger partial charge on any atom is -0.402 e. The van der Waals surface area contributed by atoms with Gasteiger partial charge in [-0.25, -0.2) is 4.79 Å². The van der Waals surface area contributed by atoms with E-state index in [9.17, 15) is 4.79 Å². The maximum absolute atomic E-state index is 12.9. The molecule has 6 heteroatoms. The molecule has 4 unspecified atom stereocenters. The molecular formula is C35H60O6. The van der Waals surface area contributed by atoms with Crippen LogP contribution in [0.15, 0.2) is 12.7 Å². The highest BCUT2D eigenvalue weighted by Gasteiger charge is 2.46. The Balaban J connectivity index is 1.52. The topological polar surface area (TPSA) is 66.5 Å². The zero-order valence-electron chi connectivity index (χ0n) is 26.0. The van der Waals surface area contributed by atoms with E-state index in [4.69, 9.17) is 23.7 Å². The van der Waals surface area contributed by atoms with E-state index in [-0.39, 0.29) is 31.0 Å². The highest BCUT2D eigenvalue weighted by atomic mass is 16.9. The predicted molar refractivity (Wildman–Crippen MR) is 163 cm³/mol. The Morgan fingerprint density at radius 2 is 1.05 bits per heavy atom. The molecule has 0 amide bonds. The second-order valence-electron chi connectivity index (χ2n) is 13.3. The number of esters is 1. The van der Waals surface area contributed by atoms with E-state index in [0.29, 0.717) is 6.10 Å². The number of carbonyl (C=O) groups is 1. The molecule has 0 aromatic heterocycles. The van der Waals surface area contributed by atoms with Crippen LogP contribution in [-0.4, -0.2) is 49.1 Å². The summed E-state index contributed by atoms with van der Waals surface area (Å²) in [6.45, 7) is 3.81. The number of epoxide rings is 1. The zero-order chi connectivity index (χ0) is 28.6. The quantitative estimate of drug-likeness (QED) is 0.118. The molecule has 0 radical (unpaired) electrons. The Labute approximate surface area is 250 Å². The number of carbonyl (C=O) groups excluding carboxylic acids is 1. The van der Waals surface area contributed by atoms with Crippen LogP contribution in [0, 0.1) is 0 Å². The molecule has 4 fully saturated rings. The minimum atomic E-state index is -1.56. The summed E-state index contributed by atoms with van der Waals surface area (Å²) in [5, 5.41) is 0. The van der Waals surface area contributed by atoms with Gasteiger partial charge in [-0.1, -0.05) is 122 Å². The minimum absolute atomic E-state index is 0.0252. The van der Waals surface area contributed by atoms with Gasteiger partial charge >= 0.3 is 11.9 Å². The van der Waals surface area contributed by atoms with Crippen molar-refractivity contribution in [1.29, 1.82) is 0 Å². The van der Waals surface area contributed by atoms with Gasteiger partial charge in [-0.3, -0.25) is 0 Å². The summed E-state index contributed by atoms with van der Waals surface area (Å²) in [4.78, 5) is 12.9. The van der Waals surface area contributed by atoms with E-state index < -0.39 is 11.9 Å². The fraction of sp³-hybridized carbons (Fsp3) is 0.914. The predicted octanol–water partition coefficient (Wildman–Crippen LogP) is 9.09. The van der Waals surface area contributed by atoms with E-state index in [1.165, 1.54) is 102 Å². The first-order valence-corrected chi connectivity index (χ1v) is 17.6. The van der Waals surface area contributed by atoms with Crippen LogP contribution in [-0.2, 0) is 28.5 Å². The lowest BCUT2D eigenvalue weighted by Crippen LogP contribution is -2.51. The Kier molecular flexibility index (Phi) is 15.0. The van der Waals surface area contributed by atoms with Crippen molar-refractivity contribution < 1.29 is 28.5 Å². The van der Waals surface area contributed by atoms with Crippen molar-refractivity contribution in [2.24, 2.45) is 0 Å². The van der Waals surface area contributed by atoms with Gasteiger partial charge in [0.1, 0.15) is 6.61 Å². The number of rotatable bonds is 9. The highest BCUT2D eigenvalue weighted by molar-refractivity contribution is 5.81. The van der Waals surface area contributed by atoms with Crippen molar-refractivity contribution in [3.8, 4) is 0 Å². The second-order valence-corrected chi connectivity index (χ2v) is 13.3. The molecule has 1 aliphatic heterocycles. The van der Waals surface area contributed by atoms with E-state index in [1.807, 2.05) is 0 Å². The lowest BCUT2D eigenvalue weighted by Gasteiger charge is -2.39. The molecule has 236 valence electrons. The van der Waals surface area contributed by atoms with Crippen molar-refractivity contribution in [2.45, 2.75) is 197 Å². The summed E-state index contributed by atoms with van der Waals surface area (Å²) in [7, 11) is 0. The van der Waals surface area contributed by atoms with Crippen LogP contribution >= 0.6 is 0 Å². The van der Waals surface area contributed by atoms with Crippen LogP contribution in [0.3, 0.4) is 0 Å². The summed E-state index contributed by atoms with van der Waals surface area (Å²) in [6.07, 6.45) is 30.9. The van der Waals surface area contributed by atoms with Crippen LogP contribution in [0.25, 0.3) is 0 Å². The summed E-state index contributed by atoms with van der Waals surface area (Å²) in [6, 6.07) is 0. The fourth-order valence-electron chi connectivity index (χ4n) is 7.12. The summed E-state index contributed by atoms with van der Waals surface area (Å²) >= 11 is 0. The third-order valence-electron chi connectivity index (χ3n) is 9.66. The monoisotopic (exact) mass is 576 g/mol. The maximum Gasteiger partial charge on any atom is 0.354 e. The highest BCUT2D eigenvalue weighted by Crippen LogP contribution is 2.37. The molecule has 3 saturated carbocycles. The van der Waals surface area contributed by atoms with E-state index >= 15 is 0 Å². The van der Waals surface area contributed by atoms with Gasteiger partial charge in [0.2, 0.25) is 0 Å². The number of ether oxygens (including phenoxy) is 5. The third-order valence-corrected chi connectivity index (χ3v) is 9.66. The Morgan fingerprint density at radius 1 is 0.610 bits per heavy atom. The Bertz CT molecular complexity index is 722. The molecular weight excluding hydrogens is 516 g/mol. The molecule has 6 nitrogen and oxygen atoms in total. The van der Waals surface area contributed by atoms with Gasteiger partial charge in [-0.15, -0.1) is 0 Å². The molecule has 0 spiro atoms. The SMILES string of the molecule is C=CC(=O)OC(COC1CCCCCCCCC1)(OC1CCCCCCCCC1)OC1CCCCCCC2OC2C1. The average molecular weight is 577 g/mol. The van der Waals surface area contributed by atoms with Crippen molar-refractivity contribution >= 4 is 5.97 Å². The number of fused-ring (bicyclic) bond motifs is 1. The van der Waals surface area contributed by atoms with Gasteiger partial charge in [0, 0.05) is 12.5 Å². The van der Waals surface area contributed by atoms with Crippen LogP contribution < -0.4 is 0 Å². The van der Waals surface area contributed by atoms with Gasteiger partial charge in [0.15, 0.2) is 0 Å². The molecule has 4 atom stereocenters. The largest absolute Gasteiger partial charge is 0.402 e. The maximum atomic E-state index is 12.9. The first-order chi connectivity index (χ1) is 20.2. The number of hydrogen-bond donors (Lipinski definition) is 0. The van der Waals surface area contributed by atoms with Crippen molar-refractivity contribution in [2.75, 3.05) is 6.61 Å². The van der Waals surface area contributed by atoms with Crippen LogP contribution in [0.5, 0.6) is 0 Å². The zero-order valence-corrected chi connectivity index (χ0v) is 26.0. The van der Waals surface area contributed by atoms with E-state index in [1.54, 1.807) is 0 Å². The van der Waals surface area contributed by atoms with Crippen molar-refractivity contribution in [3.63, 3.8) is 0 Å². The molecule has 1 heterocycles. The van der Waals surface area contributed by atoms with Crippen LogP contribution in [0.4, 0.5) is 0 Å². The van der Waals surface area contributed by atoms with Gasteiger partial charge < -0.3 is 23.7 Å². The molecule has 1 saturated heterocycles. The molecule has 0 bridgehead atoms. The fourth-order valence-corrected chi connectivity index (χ4v) is 7.12. The van der Waals surface area contributed by atoms with Gasteiger partial charge in [-0.2, -0.15) is 0 Å². The normalized spacial score (nSPS) is 30.2. The first-order valence-electron chi connectivity index (χ1n) is 17.6. The Morgan fingerprint density at radius 3 is 1.59 bits per heavy atom. The molecule has 4 aliphatic rings. The van der Waals surface area contributed by atoms with E-state index in [0.717, 1.165) is 64.2 Å². The molecule has 0 N–H and O–H groups in total. The van der Waals surface area contributed by atoms with Crippen LogP contribution in [0.1, 0.15) is 161 Å². The second kappa shape index (κ2) is 18.7. The average Bonchev–Trinajstić information content (AvgIpc) is 3.73. The molecule has 0 aromatic rings. The first kappa shape index (κ1) is 33.0. The number of hydrogen-bond acceptors (Lipinski definition) is 6. The van der Waals surface area contributed by atoms with E-state index in [2.05, 4.69) is 6.58 Å². The summed E-state index contributed by atoms with van der Waals surface area (Å²) in [5.41, 5.74) is 0. The summed E-state index contributed by atoms with van der Waals surface area (Å²) in [5.74, 6) is -2.08. The third kappa shape index (κ3) is 12.7. The molecule has 3 aliphatic carbocycles. The smallest absolute Gasteiger partial charge is 0.354 e. The molecule has 4 rings (SSSR count). The molecule has 0 aromatic carbocycles. The summed E-state index contributed by atoms with van der Waals surface area (Å²) < 4.78 is 32.6. The lowest BCUT2D eigenvalue weighted by atomic mass is 9.98.